The van der Waals surface area contributed by atoms with Crippen molar-refractivity contribution in [2.45, 2.75) is 0 Å². The zero-order valence-electron chi connectivity index (χ0n) is 8.95. The van der Waals surface area contributed by atoms with E-state index in [0.717, 1.165) is 5.33 Å². The highest BCUT2D eigenvalue weighted by molar-refractivity contribution is 9.09. The molecule has 1 aromatic carbocycles. The van der Waals surface area contributed by atoms with Gasteiger partial charge in [0, 0.05) is 23.9 Å². The second-order valence-corrected chi connectivity index (χ2v) is 4.48. The molecular formula is C11H13BrClNO2. The Morgan fingerprint density at radius 3 is 2.62 bits per heavy atom. The van der Waals surface area contributed by atoms with Crippen LogP contribution in [0.4, 0.5) is 0 Å². The highest BCUT2D eigenvalue weighted by Crippen LogP contribution is 2.15. The summed E-state index contributed by atoms with van der Waals surface area (Å²) in [6.07, 6.45) is 0. The van der Waals surface area contributed by atoms with Crippen LogP contribution in [0.2, 0.25) is 5.02 Å². The van der Waals surface area contributed by atoms with Crippen molar-refractivity contribution in [3.63, 3.8) is 0 Å². The first-order valence-electron chi connectivity index (χ1n) is 4.82. The number of halogens is 2. The molecule has 3 nitrogen and oxygen atoms in total. The highest BCUT2D eigenvalue weighted by atomic mass is 79.9. The van der Waals surface area contributed by atoms with Crippen molar-refractivity contribution in [1.29, 1.82) is 0 Å². The first kappa shape index (κ1) is 13.3. The van der Waals surface area contributed by atoms with Crippen LogP contribution in [0.25, 0.3) is 0 Å². The topological polar surface area (TPSA) is 29.5 Å². The smallest absolute Gasteiger partial charge is 0.260 e. The van der Waals surface area contributed by atoms with E-state index in [9.17, 15) is 4.79 Å². The van der Waals surface area contributed by atoms with E-state index in [4.69, 9.17) is 16.3 Å². The number of benzene rings is 1. The van der Waals surface area contributed by atoms with E-state index in [0.29, 0.717) is 17.3 Å². The van der Waals surface area contributed by atoms with E-state index in [1.54, 1.807) is 36.2 Å². The van der Waals surface area contributed by atoms with Gasteiger partial charge in [0.05, 0.1) is 0 Å². The summed E-state index contributed by atoms with van der Waals surface area (Å²) in [4.78, 5) is 13.1. The minimum atomic E-state index is -0.0469. The Morgan fingerprint density at radius 1 is 1.44 bits per heavy atom. The molecule has 0 aliphatic rings. The zero-order chi connectivity index (χ0) is 12.0. The minimum absolute atomic E-state index is 0.0468. The number of carbonyl (C=O) groups is 1. The van der Waals surface area contributed by atoms with Crippen molar-refractivity contribution in [2.24, 2.45) is 0 Å². The monoisotopic (exact) mass is 305 g/mol. The van der Waals surface area contributed by atoms with Crippen LogP contribution in [-0.2, 0) is 4.79 Å². The van der Waals surface area contributed by atoms with Crippen molar-refractivity contribution in [2.75, 3.05) is 25.5 Å². The van der Waals surface area contributed by atoms with Gasteiger partial charge in [0.15, 0.2) is 6.61 Å². The van der Waals surface area contributed by atoms with Gasteiger partial charge < -0.3 is 9.64 Å². The number of nitrogens with zero attached hydrogens (tertiary/aromatic N) is 1. The summed E-state index contributed by atoms with van der Waals surface area (Å²) in [5, 5.41) is 1.41. The highest BCUT2D eigenvalue weighted by Gasteiger charge is 2.08. The van der Waals surface area contributed by atoms with Gasteiger partial charge in [-0.25, -0.2) is 0 Å². The van der Waals surface area contributed by atoms with Gasteiger partial charge in [-0.15, -0.1) is 0 Å². The fourth-order valence-corrected chi connectivity index (χ4v) is 1.70. The predicted molar refractivity (Wildman–Crippen MR) is 68.4 cm³/mol. The average Bonchev–Trinajstić information content (AvgIpc) is 2.28. The SMILES string of the molecule is CN(CCBr)C(=O)COc1ccc(Cl)cc1. The van der Waals surface area contributed by atoms with Crippen molar-refractivity contribution in [1.82, 2.24) is 4.90 Å². The summed E-state index contributed by atoms with van der Waals surface area (Å²) in [5.74, 6) is 0.597. The molecule has 0 saturated carbocycles. The number of ether oxygens (including phenoxy) is 1. The molecule has 0 radical (unpaired) electrons. The summed E-state index contributed by atoms with van der Waals surface area (Å²) < 4.78 is 5.33. The third-order valence-electron chi connectivity index (χ3n) is 2.02. The summed E-state index contributed by atoms with van der Waals surface area (Å²) in [6.45, 7) is 0.716. The van der Waals surface area contributed by atoms with Crippen LogP contribution in [0.5, 0.6) is 5.75 Å². The predicted octanol–water partition coefficient (Wildman–Crippen LogP) is 2.57. The molecule has 0 spiro atoms. The van der Waals surface area contributed by atoms with Crippen LogP contribution in [0, 0.1) is 0 Å². The summed E-state index contributed by atoms with van der Waals surface area (Å²) in [5.41, 5.74) is 0. The minimum Gasteiger partial charge on any atom is -0.484 e. The van der Waals surface area contributed by atoms with Crippen LogP contribution in [0.15, 0.2) is 24.3 Å². The molecule has 16 heavy (non-hydrogen) atoms. The molecular weight excluding hydrogens is 293 g/mol. The van der Waals surface area contributed by atoms with Gasteiger partial charge in [-0.2, -0.15) is 0 Å². The third kappa shape index (κ3) is 4.41. The molecule has 0 bridgehead atoms. The van der Waals surface area contributed by atoms with E-state index in [2.05, 4.69) is 15.9 Å². The van der Waals surface area contributed by atoms with E-state index in [1.165, 1.54) is 0 Å². The number of rotatable bonds is 5. The maximum atomic E-state index is 11.5. The first-order chi connectivity index (χ1) is 7.63. The molecule has 0 heterocycles. The molecule has 0 N–H and O–H groups in total. The lowest BCUT2D eigenvalue weighted by molar-refractivity contribution is -0.131. The maximum Gasteiger partial charge on any atom is 0.260 e. The van der Waals surface area contributed by atoms with Crippen molar-refractivity contribution < 1.29 is 9.53 Å². The largest absolute Gasteiger partial charge is 0.484 e. The fourth-order valence-electron chi connectivity index (χ4n) is 1.04. The Bertz CT molecular complexity index is 342. The number of likely N-dealkylation sites (N-methyl/N-ethyl adjacent to an activating group) is 1. The molecule has 0 atom stereocenters. The van der Waals surface area contributed by atoms with Crippen LogP contribution >= 0.6 is 27.5 Å². The molecule has 0 fully saturated rings. The van der Waals surface area contributed by atoms with Gasteiger partial charge in [0.1, 0.15) is 5.75 Å². The van der Waals surface area contributed by atoms with Crippen LogP contribution in [-0.4, -0.2) is 36.3 Å². The summed E-state index contributed by atoms with van der Waals surface area (Å²) in [6, 6.07) is 6.92. The van der Waals surface area contributed by atoms with Gasteiger partial charge in [0.25, 0.3) is 5.91 Å². The molecule has 0 aliphatic heterocycles. The van der Waals surface area contributed by atoms with Crippen molar-refractivity contribution in [3.8, 4) is 5.75 Å². The van der Waals surface area contributed by atoms with E-state index in [-0.39, 0.29) is 12.5 Å². The quantitative estimate of drug-likeness (QED) is 0.783. The third-order valence-corrected chi connectivity index (χ3v) is 2.63. The molecule has 1 aromatic rings. The Labute approximate surface area is 108 Å². The van der Waals surface area contributed by atoms with Crippen molar-refractivity contribution in [3.05, 3.63) is 29.3 Å². The van der Waals surface area contributed by atoms with Gasteiger partial charge in [-0.3, -0.25) is 4.79 Å². The number of hydrogen-bond donors (Lipinski definition) is 0. The maximum absolute atomic E-state index is 11.5. The van der Waals surface area contributed by atoms with E-state index < -0.39 is 0 Å². The van der Waals surface area contributed by atoms with E-state index >= 15 is 0 Å². The van der Waals surface area contributed by atoms with E-state index in [1.807, 2.05) is 0 Å². The van der Waals surface area contributed by atoms with Gasteiger partial charge in [-0.1, -0.05) is 27.5 Å². The standard InChI is InChI=1S/C11H13BrClNO2/c1-14(7-6-12)11(15)8-16-10-4-2-9(13)3-5-10/h2-5H,6-8H2,1H3. The molecule has 0 saturated heterocycles. The van der Waals surface area contributed by atoms with Gasteiger partial charge >= 0.3 is 0 Å². The molecule has 0 aliphatic carbocycles. The number of amides is 1. The number of hydrogen-bond acceptors (Lipinski definition) is 2. The fraction of sp³-hybridized carbons (Fsp3) is 0.364. The Balaban J connectivity index is 2.39. The van der Waals surface area contributed by atoms with Crippen LogP contribution in [0.1, 0.15) is 0 Å². The normalized spacial score (nSPS) is 9.94. The van der Waals surface area contributed by atoms with Crippen LogP contribution in [0.3, 0.4) is 0 Å². The zero-order valence-corrected chi connectivity index (χ0v) is 11.3. The lowest BCUT2D eigenvalue weighted by atomic mass is 10.3. The molecule has 1 amide bonds. The molecule has 5 heteroatoms. The Morgan fingerprint density at radius 2 is 2.06 bits per heavy atom. The molecule has 0 unspecified atom stereocenters. The molecule has 0 aromatic heterocycles. The van der Waals surface area contributed by atoms with Crippen LogP contribution < -0.4 is 4.74 Å². The second-order valence-electron chi connectivity index (χ2n) is 3.25. The Kier molecular flexibility index (Phi) is 5.63. The lowest BCUT2D eigenvalue weighted by Crippen LogP contribution is -2.32. The summed E-state index contributed by atoms with van der Waals surface area (Å²) in [7, 11) is 1.74. The lowest BCUT2D eigenvalue weighted by Gasteiger charge is -2.15. The summed E-state index contributed by atoms with van der Waals surface area (Å²) >= 11 is 9.00. The number of alkyl halides is 1. The first-order valence-corrected chi connectivity index (χ1v) is 6.31. The van der Waals surface area contributed by atoms with Gasteiger partial charge in [-0.05, 0) is 24.3 Å². The van der Waals surface area contributed by atoms with Crippen molar-refractivity contribution >= 4 is 33.4 Å². The second kappa shape index (κ2) is 6.76. The molecule has 88 valence electrons. The average molecular weight is 307 g/mol. The molecule has 1 rings (SSSR count). The van der Waals surface area contributed by atoms with Gasteiger partial charge in [0.2, 0.25) is 0 Å². The number of carbonyl (C=O) groups excluding carboxylic acids is 1. The Hall–Kier alpha value is -0.740.